The van der Waals surface area contributed by atoms with Crippen molar-refractivity contribution in [3.8, 4) is 0 Å². The summed E-state index contributed by atoms with van der Waals surface area (Å²) in [5, 5.41) is 0. The van der Waals surface area contributed by atoms with Gasteiger partial charge in [-0.2, -0.15) is 4.98 Å². The number of ether oxygens (including phenoxy) is 1. The van der Waals surface area contributed by atoms with Crippen LogP contribution in [0.15, 0.2) is 17.1 Å². The minimum atomic E-state index is -0.344. The molecule has 0 saturated carbocycles. The summed E-state index contributed by atoms with van der Waals surface area (Å²) < 4.78 is 7.62. The van der Waals surface area contributed by atoms with Crippen LogP contribution in [-0.2, 0) is 4.74 Å². The standard InChI is InChI=1S/C10H14IN3O2/c1-2-6-5-7(11)9(16-6)14-4-3-8(12)13-10(14)15/h3-4,6-7,9H,2,5H2,1H3,(H2,12,13,15)/t6-,7?,9-/m1/s1. The first-order chi connectivity index (χ1) is 7.61. The molecule has 1 aromatic heterocycles. The van der Waals surface area contributed by atoms with Gasteiger partial charge in [-0.3, -0.25) is 4.57 Å². The fraction of sp³-hybridized carbons (Fsp3) is 0.600. The number of nitrogens with zero attached hydrogens (tertiary/aromatic N) is 2. The summed E-state index contributed by atoms with van der Waals surface area (Å²) in [7, 11) is 0. The number of halogens is 1. The van der Waals surface area contributed by atoms with E-state index in [9.17, 15) is 4.79 Å². The third-order valence-corrected chi connectivity index (χ3v) is 3.83. The Balaban J connectivity index is 2.28. The van der Waals surface area contributed by atoms with E-state index in [2.05, 4.69) is 34.5 Å². The fourth-order valence-corrected chi connectivity index (χ4v) is 2.91. The van der Waals surface area contributed by atoms with Gasteiger partial charge < -0.3 is 10.5 Å². The molecule has 2 rings (SSSR count). The SMILES string of the molecule is CC[C@@H]1CC(I)[C@H](n2ccc(N)nc2=O)O1. The molecule has 1 aliphatic rings. The molecule has 88 valence electrons. The second kappa shape index (κ2) is 4.70. The van der Waals surface area contributed by atoms with Crippen LogP contribution in [0.25, 0.3) is 0 Å². The lowest BCUT2D eigenvalue weighted by molar-refractivity contribution is 0.000778. The van der Waals surface area contributed by atoms with Crippen LogP contribution in [0.4, 0.5) is 5.82 Å². The summed E-state index contributed by atoms with van der Waals surface area (Å²) in [5.74, 6) is 0.247. The smallest absolute Gasteiger partial charge is 0.351 e. The molecule has 0 radical (unpaired) electrons. The summed E-state index contributed by atoms with van der Waals surface area (Å²) in [6.07, 6.45) is 3.60. The Morgan fingerprint density at radius 3 is 3.06 bits per heavy atom. The van der Waals surface area contributed by atoms with Crippen LogP contribution in [-0.4, -0.2) is 19.6 Å². The summed E-state index contributed by atoms with van der Waals surface area (Å²) in [5.41, 5.74) is 5.10. The van der Waals surface area contributed by atoms with Gasteiger partial charge in [-0.25, -0.2) is 4.79 Å². The second-order valence-electron chi connectivity index (χ2n) is 3.85. The van der Waals surface area contributed by atoms with E-state index in [0.717, 1.165) is 12.8 Å². The number of alkyl halides is 1. The predicted octanol–water partition coefficient (Wildman–Crippen LogP) is 1.33. The zero-order valence-electron chi connectivity index (χ0n) is 8.97. The van der Waals surface area contributed by atoms with Gasteiger partial charge in [0.1, 0.15) is 12.0 Å². The molecule has 16 heavy (non-hydrogen) atoms. The average molecular weight is 335 g/mol. The van der Waals surface area contributed by atoms with E-state index in [1.165, 1.54) is 4.57 Å². The van der Waals surface area contributed by atoms with Gasteiger partial charge in [0.25, 0.3) is 0 Å². The van der Waals surface area contributed by atoms with E-state index in [1.54, 1.807) is 12.3 Å². The van der Waals surface area contributed by atoms with Crippen molar-refractivity contribution in [2.75, 3.05) is 5.73 Å². The van der Waals surface area contributed by atoms with Crippen LogP contribution in [0.5, 0.6) is 0 Å². The van der Waals surface area contributed by atoms with Crippen LogP contribution in [0.3, 0.4) is 0 Å². The van der Waals surface area contributed by atoms with Crippen LogP contribution >= 0.6 is 22.6 Å². The van der Waals surface area contributed by atoms with Crippen molar-refractivity contribution >= 4 is 28.4 Å². The Morgan fingerprint density at radius 1 is 1.75 bits per heavy atom. The van der Waals surface area contributed by atoms with Crippen molar-refractivity contribution in [2.24, 2.45) is 0 Å². The number of anilines is 1. The van der Waals surface area contributed by atoms with Crippen LogP contribution in [0.2, 0.25) is 0 Å². The number of rotatable bonds is 2. The zero-order chi connectivity index (χ0) is 11.7. The summed E-state index contributed by atoms with van der Waals surface area (Å²) in [6.45, 7) is 2.08. The topological polar surface area (TPSA) is 70.1 Å². The summed E-state index contributed by atoms with van der Waals surface area (Å²) >= 11 is 2.32. The molecule has 3 atom stereocenters. The first kappa shape index (κ1) is 11.8. The summed E-state index contributed by atoms with van der Waals surface area (Å²) in [4.78, 5) is 15.4. The molecule has 1 saturated heterocycles. The highest BCUT2D eigenvalue weighted by Crippen LogP contribution is 2.34. The maximum atomic E-state index is 11.7. The number of aromatic nitrogens is 2. The van der Waals surface area contributed by atoms with Crippen LogP contribution in [0.1, 0.15) is 26.0 Å². The minimum Gasteiger partial charge on any atom is -0.383 e. The van der Waals surface area contributed by atoms with Gasteiger partial charge in [0.05, 0.1) is 10.0 Å². The highest BCUT2D eigenvalue weighted by atomic mass is 127. The number of hydrogen-bond acceptors (Lipinski definition) is 4. The third-order valence-electron chi connectivity index (χ3n) is 2.71. The van der Waals surface area contributed by atoms with Gasteiger partial charge in [-0.15, -0.1) is 0 Å². The molecule has 0 spiro atoms. The first-order valence-corrected chi connectivity index (χ1v) is 6.50. The van der Waals surface area contributed by atoms with E-state index in [-0.39, 0.29) is 23.8 Å². The molecule has 5 nitrogen and oxygen atoms in total. The zero-order valence-corrected chi connectivity index (χ0v) is 11.1. The van der Waals surface area contributed by atoms with Crippen molar-refractivity contribution < 1.29 is 4.74 Å². The Morgan fingerprint density at radius 2 is 2.50 bits per heavy atom. The molecular formula is C10H14IN3O2. The fourth-order valence-electron chi connectivity index (χ4n) is 1.83. The highest BCUT2D eigenvalue weighted by Gasteiger charge is 2.34. The largest absolute Gasteiger partial charge is 0.383 e. The first-order valence-electron chi connectivity index (χ1n) is 5.26. The Hall–Kier alpha value is -0.630. The van der Waals surface area contributed by atoms with Crippen molar-refractivity contribution in [1.29, 1.82) is 0 Å². The molecule has 0 bridgehead atoms. The molecule has 2 heterocycles. The molecule has 1 unspecified atom stereocenters. The molecule has 1 aromatic rings. The van der Waals surface area contributed by atoms with Gasteiger partial charge in [-0.05, 0) is 18.9 Å². The van der Waals surface area contributed by atoms with Crippen molar-refractivity contribution in [3.63, 3.8) is 0 Å². The lowest BCUT2D eigenvalue weighted by Gasteiger charge is -2.16. The molecular weight excluding hydrogens is 321 g/mol. The van der Waals surface area contributed by atoms with Gasteiger partial charge >= 0.3 is 5.69 Å². The summed E-state index contributed by atoms with van der Waals surface area (Å²) in [6, 6.07) is 1.62. The maximum absolute atomic E-state index is 11.7. The van der Waals surface area contributed by atoms with Gasteiger partial charge in [0.15, 0.2) is 0 Å². The van der Waals surface area contributed by atoms with Crippen molar-refractivity contribution in [3.05, 3.63) is 22.7 Å². The van der Waals surface area contributed by atoms with Crippen molar-refractivity contribution in [2.45, 2.75) is 36.0 Å². The Bertz CT molecular complexity index is 434. The molecule has 0 amide bonds. The monoisotopic (exact) mass is 335 g/mol. The predicted molar refractivity (Wildman–Crippen MR) is 69.5 cm³/mol. The molecule has 2 N–H and O–H groups in total. The minimum absolute atomic E-state index is 0.217. The van der Waals surface area contributed by atoms with E-state index >= 15 is 0 Å². The molecule has 1 fully saturated rings. The molecule has 6 heteroatoms. The number of nitrogen functional groups attached to an aromatic ring is 1. The quantitative estimate of drug-likeness (QED) is 0.654. The lowest BCUT2D eigenvalue weighted by Crippen LogP contribution is -2.30. The van der Waals surface area contributed by atoms with Gasteiger partial charge in [0, 0.05) is 6.20 Å². The molecule has 0 aliphatic carbocycles. The maximum Gasteiger partial charge on any atom is 0.351 e. The lowest BCUT2D eigenvalue weighted by atomic mass is 10.2. The van der Waals surface area contributed by atoms with Gasteiger partial charge in [0.2, 0.25) is 0 Å². The van der Waals surface area contributed by atoms with E-state index in [0.29, 0.717) is 3.92 Å². The average Bonchev–Trinajstić information content (AvgIpc) is 2.60. The van der Waals surface area contributed by atoms with Crippen LogP contribution < -0.4 is 11.4 Å². The van der Waals surface area contributed by atoms with Gasteiger partial charge in [-0.1, -0.05) is 29.5 Å². The van der Waals surface area contributed by atoms with Crippen LogP contribution in [0, 0.1) is 0 Å². The Labute approximate surface area is 107 Å². The normalized spacial score (nSPS) is 29.5. The highest BCUT2D eigenvalue weighted by molar-refractivity contribution is 14.1. The Kier molecular flexibility index (Phi) is 3.48. The second-order valence-corrected chi connectivity index (χ2v) is 5.45. The number of nitrogens with two attached hydrogens (primary N) is 1. The van der Waals surface area contributed by atoms with Crippen molar-refractivity contribution in [1.82, 2.24) is 9.55 Å². The molecule has 1 aliphatic heterocycles. The van der Waals surface area contributed by atoms with E-state index in [1.807, 2.05) is 0 Å². The van der Waals surface area contributed by atoms with E-state index < -0.39 is 0 Å². The third kappa shape index (κ3) is 2.22. The molecule has 0 aromatic carbocycles. The van der Waals surface area contributed by atoms with E-state index in [4.69, 9.17) is 10.5 Å². The number of hydrogen-bond donors (Lipinski definition) is 1.